The summed E-state index contributed by atoms with van der Waals surface area (Å²) in [7, 11) is 1.54. The molecule has 9 nitrogen and oxygen atoms in total. The summed E-state index contributed by atoms with van der Waals surface area (Å²) in [6.45, 7) is 4.88. The summed E-state index contributed by atoms with van der Waals surface area (Å²) in [5, 5.41) is 9.62. The second-order valence-electron chi connectivity index (χ2n) is 3.93. The van der Waals surface area contributed by atoms with Gasteiger partial charge in [0.05, 0.1) is 6.61 Å². The van der Waals surface area contributed by atoms with Crippen molar-refractivity contribution in [3.8, 4) is 12.0 Å². The molecule has 1 amide bonds. The molecule has 112 valence electrons. The minimum Gasteiger partial charge on any atom is -0.464 e. The van der Waals surface area contributed by atoms with Crippen molar-refractivity contribution in [3.63, 3.8) is 0 Å². The molecule has 0 fully saturated rings. The quantitative estimate of drug-likeness (QED) is 0.785. The highest BCUT2D eigenvalue weighted by Gasteiger charge is 2.12. The Morgan fingerprint density at radius 1 is 1.33 bits per heavy atom. The predicted molar refractivity (Wildman–Crippen MR) is 75.7 cm³/mol. The van der Waals surface area contributed by atoms with Gasteiger partial charge < -0.3 is 15.4 Å². The standard InChI is InChI=1S/C12H17N7O2/c1-4-14-10-15-11(17-12(16-10)21-5-2)19-7-6-8(18-19)9(20)13-3/h6-7H,4-5H2,1-3H3,(H,13,20)(H,14,15,16,17). The fourth-order valence-electron chi connectivity index (χ4n) is 1.56. The highest BCUT2D eigenvalue weighted by Crippen LogP contribution is 2.11. The van der Waals surface area contributed by atoms with Crippen molar-refractivity contribution in [2.24, 2.45) is 0 Å². The van der Waals surface area contributed by atoms with Crippen LogP contribution in [0.4, 0.5) is 5.95 Å². The summed E-state index contributed by atoms with van der Waals surface area (Å²) in [5.41, 5.74) is 0.279. The summed E-state index contributed by atoms with van der Waals surface area (Å²) in [4.78, 5) is 24.0. The Balaban J connectivity index is 2.37. The fourth-order valence-corrected chi connectivity index (χ4v) is 1.56. The smallest absolute Gasteiger partial charge is 0.323 e. The molecule has 9 heteroatoms. The number of aromatic nitrogens is 5. The van der Waals surface area contributed by atoms with E-state index in [0.717, 1.165) is 0 Å². The van der Waals surface area contributed by atoms with Crippen molar-refractivity contribution in [1.82, 2.24) is 30.0 Å². The van der Waals surface area contributed by atoms with E-state index in [2.05, 4.69) is 30.7 Å². The van der Waals surface area contributed by atoms with E-state index in [1.54, 1.807) is 19.3 Å². The molecule has 21 heavy (non-hydrogen) atoms. The number of carbonyl (C=O) groups excluding carboxylic acids is 1. The minimum absolute atomic E-state index is 0.204. The number of hydrogen-bond acceptors (Lipinski definition) is 7. The van der Waals surface area contributed by atoms with Gasteiger partial charge in [0.25, 0.3) is 11.9 Å². The van der Waals surface area contributed by atoms with E-state index < -0.39 is 0 Å². The molecule has 2 rings (SSSR count). The zero-order valence-corrected chi connectivity index (χ0v) is 12.1. The summed E-state index contributed by atoms with van der Waals surface area (Å²) >= 11 is 0. The highest BCUT2D eigenvalue weighted by atomic mass is 16.5. The number of nitrogens with one attached hydrogen (secondary N) is 2. The molecule has 2 N–H and O–H groups in total. The largest absolute Gasteiger partial charge is 0.464 e. The van der Waals surface area contributed by atoms with Gasteiger partial charge in [-0.2, -0.15) is 20.1 Å². The monoisotopic (exact) mass is 291 g/mol. The van der Waals surface area contributed by atoms with Gasteiger partial charge in [-0.1, -0.05) is 0 Å². The Kier molecular flexibility index (Phi) is 4.64. The zero-order chi connectivity index (χ0) is 15.2. The van der Waals surface area contributed by atoms with Gasteiger partial charge in [-0.25, -0.2) is 4.68 Å². The molecule has 0 atom stereocenters. The molecular weight excluding hydrogens is 274 g/mol. The van der Waals surface area contributed by atoms with Crippen LogP contribution in [0.15, 0.2) is 12.3 Å². The topological polar surface area (TPSA) is 107 Å². The maximum Gasteiger partial charge on any atom is 0.323 e. The second kappa shape index (κ2) is 6.64. The molecule has 0 spiro atoms. The van der Waals surface area contributed by atoms with Crippen molar-refractivity contribution < 1.29 is 9.53 Å². The van der Waals surface area contributed by atoms with Gasteiger partial charge in [-0.15, -0.1) is 0 Å². The first-order chi connectivity index (χ1) is 10.2. The number of anilines is 1. The van der Waals surface area contributed by atoms with Crippen molar-refractivity contribution in [1.29, 1.82) is 0 Å². The van der Waals surface area contributed by atoms with Crippen LogP contribution in [0.25, 0.3) is 5.95 Å². The lowest BCUT2D eigenvalue weighted by atomic mass is 10.4. The third-order valence-corrected chi connectivity index (χ3v) is 2.47. The first kappa shape index (κ1) is 14.7. The van der Waals surface area contributed by atoms with Gasteiger partial charge in [0.2, 0.25) is 5.95 Å². The molecule has 0 bridgehead atoms. The maximum atomic E-state index is 11.5. The molecule has 0 radical (unpaired) electrons. The second-order valence-corrected chi connectivity index (χ2v) is 3.93. The Labute approximate surface area is 121 Å². The van der Waals surface area contributed by atoms with Crippen molar-refractivity contribution in [3.05, 3.63) is 18.0 Å². The number of ether oxygens (including phenoxy) is 1. The normalized spacial score (nSPS) is 10.2. The zero-order valence-electron chi connectivity index (χ0n) is 12.1. The average Bonchev–Trinajstić information content (AvgIpc) is 2.97. The fraction of sp³-hybridized carbons (Fsp3) is 0.417. The van der Waals surface area contributed by atoms with Crippen molar-refractivity contribution in [2.45, 2.75) is 13.8 Å². The number of amides is 1. The summed E-state index contributed by atoms with van der Waals surface area (Å²) in [5.74, 6) is 0.391. The van der Waals surface area contributed by atoms with Crippen LogP contribution in [0.3, 0.4) is 0 Å². The molecule has 2 heterocycles. The third-order valence-electron chi connectivity index (χ3n) is 2.47. The molecule has 0 aliphatic carbocycles. The van der Waals surface area contributed by atoms with E-state index in [1.165, 1.54) is 4.68 Å². The van der Waals surface area contributed by atoms with Gasteiger partial charge in [0, 0.05) is 19.8 Å². The van der Waals surface area contributed by atoms with Crippen LogP contribution in [0, 0.1) is 0 Å². The molecule has 0 saturated carbocycles. The van der Waals surface area contributed by atoms with E-state index in [-0.39, 0.29) is 23.6 Å². The summed E-state index contributed by atoms with van der Waals surface area (Å²) < 4.78 is 6.71. The van der Waals surface area contributed by atoms with E-state index in [9.17, 15) is 4.79 Å². The predicted octanol–water partition coefficient (Wildman–Crippen LogP) is 0.247. The Hall–Kier alpha value is -2.71. The van der Waals surface area contributed by atoms with Crippen LogP contribution in [-0.4, -0.2) is 50.8 Å². The molecule has 0 aromatic carbocycles. The van der Waals surface area contributed by atoms with Crippen LogP contribution in [0.5, 0.6) is 6.01 Å². The first-order valence-electron chi connectivity index (χ1n) is 6.58. The third kappa shape index (κ3) is 3.44. The van der Waals surface area contributed by atoms with Gasteiger partial charge in [0.15, 0.2) is 5.69 Å². The van der Waals surface area contributed by atoms with E-state index in [0.29, 0.717) is 19.1 Å². The van der Waals surface area contributed by atoms with E-state index in [4.69, 9.17) is 4.74 Å². The lowest BCUT2D eigenvalue weighted by Gasteiger charge is -2.07. The van der Waals surface area contributed by atoms with Gasteiger partial charge in [0.1, 0.15) is 0 Å². The molecule has 2 aromatic heterocycles. The molecular formula is C12H17N7O2. The Bertz CT molecular complexity index is 602. The van der Waals surface area contributed by atoms with Crippen LogP contribution >= 0.6 is 0 Å². The first-order valence-corrected chi connectivity index (χ1v) is 6.58. The SMILES string of the molecule is CCNc1nc(OCC)nc(-n2ccc(C(=O)NC)n2)n1. The molecule has 0 saturated heterocycles. The average molecular weight is 291 g/mol. The number of carbonyl (C=O) groups is 1. The maximum absolute atomic E-state index is 11.5. The van der Waals surface area contributed by atoms with Gasteiger partial charge >= 0.3 is 6.01 Å². The molecule has 0 unspecified atom stereocenters. The Morgan fingerprint density at radius 3 is 2.81 bits per heavy atom. The van der Waals surface area contributed by atoms with Crippen LogP contribution in [-0.2, 0) is 0 Å². The van der Waals surface area contributed by atoms with E-state index in [1.807, 2.05) is 13.8 Å². The molecule has 0 aliphatic heterocycles. The van der Waals surface area contributed by atoms with Gasteiger partial charge in [-0.3, -0.25) is 4.79 Å². The highest BCUT2D eigenvalue weighted by molar-refractivity contribution is 5.91. The lowest BCUT2D eigenvalue weighted by Crippen LogP contribution is -2.19. The van der Waals surface area contributed by atoms with E-state index >= 15 is 0 Å². The van der Waals surface area contributed by atoms with Crippen LogP contribution in [0.2, 0.25) is 0 Å². The number of nitrogens with zero attached hydrogens (tertiary/aromatic N) is 5. The van der Waals surface area contributed by atoms with Crippen LogP contribution in [0.1, 0.15) is 24.3 Å². The van der Waals surface area contributed by atoms with Crippen molar-refractivity contribution in [2.75, 3.05) is 25.5 Å². The molecule has 0 aliphatic rings. The Morgan fingerprint density at radius 2 is 2.14 bits per heavy atom. The molecule has 2 aromatic rings. The summed E-state index contributed by atoms with van der Waals surface area (Å²) in [6, 6.07) is 1.78. The number of hydrogen-bond donors (Lipinski definition) is 2. The minimum atomic E-state index is -0.278. The lowest BCUT2D eigenvalue weighted by molar-refractivity contribution is 0.0957. The summed E-state index contributed by atoms with van der Waals surface area (Å²) in [6.07, 6.45) is 1.60. The number of rotatable bonds is 6. The van der Waals surface area contributed by atoms with Gasteiger partial charge in [-0.05, 0) is 19.9 Å². The van der Waals surface area contributed by atoms with Crippen molar-refractivity contribution >= 4 is 11.9 Å². The van der Waals surface area contributed by atoms with Crippen LogP contribution < -0.4 is 15.4 Å².